The van der Waals surface area contributed by atoms with Crippen LogP contribution in [0.15, 0.2) is 24.3 Å². The quantitative estimate of drug-likeness (QED) is 0.662. The summed E-state index contributed by atoms with van der Waals surface area (Å²) in [4.78, 5) is 0. The monoisotopic (exact) mass is 178 g/mol. The van der Waals surface area contributed by atoms with E-state index in [1.807, 2.05) is 0 Å². The topological polar surface area (TPSA) is 38.0 Å². The third kappa shape index (κ3) is 4.06. The first-order valence-corrected chi connectivity index (χ1v) is 4.79. The summed E-state index contributed by atoms with van der Waals surface area (Å²) >= 11 is 0. The van der Waals surface area contributed by atoms with Crippen LogP contribution in [-0.2, 0) is 6.42 Å². The minimum atomic E-state index is 0.716. The first-order chi connectivity index (χ1) is 6.33. The van der Waals surface area contributed by atoms with Gasteiger partial charge in [-0.1, -0.05) is 29.8 Å². The summed E-state index contributed by atoms with van der Waals surface area (Å²) in [7, 11) is 0. The van der Waals surface area contributed by atoms with Crippen molar-refractivity contribution in [2.75, 3.05) is 19.6 Å². The van der Waals surface area contributed by atoms with E-state index in [1.54, 1.807) is 0 Å². The highest BCUT2D eigenvalue weighted by molar-refractivity contribution is 5.21. The van der Waals surface area contributed by atoms with E-state index in [0.29, 0.717) is 6.54 Å². The van der Waals surface area contributed by atoms with Gasteiger partial charge in [-0.3, -0.25) is 0 Å². The average Bonchev–Trinajstić information content (AvgIpc) is 2.15. The summed E-state index contributed by atoms with van der Waals surface area (Å²) in [6.07, 6.45) is 1.08. The summed E-state index contributed by atoms with van der Waals surface area (Å²) in [5.41, 5.74) is 8.07. The second-order valence-corrected chi connectivity index (χ2v) is 3.27. The molecule has 0 saturated carbocycles. The number of hydrogen-bond acceptors (Lipinski definition) is 2. The van der Waals surface area contributed by atoms with Gasteiger partial charge in [0.1, 0.15) is 0 Å². The molecule has 1 rings (SSSR count). The van der Waals surface area contributed by atoms with Crippen LogP contribution in [0.4, 0.5) is 0 Å². The third-order valence-corrected chi connectivity index (χ3v) is 2.03. The fraction of sp³-hybridized carbons (Fsp3) is 0.455. The SMILES string of the molecule is Cc1ccc(CCNCCN)cc1. The molecule has 0 saturated heterocycles. The molecule has 0 spiro atoms. The smallest absolute Gasteiger partial charge is 0.00746 e. The lowest BCUT2D eigenvalue weighted by Gasteiger charge is -2.03. The number of benzene rings is 1. The number of nitrogens with two attached hydrogens (primary N) is 1. The lowest BCUT2D eigenvalue weighted by Crippen LogP contribution is -2.24. The molecule has 13 heavy (non-hydrogen) atoms. The molecule has 0 aliphatic heterocycles. The van der Waals surface area contributed by atoms with Crippen LogP contribution < -0.4 is 11.1 Å². The van der Waals surface area contributed by atoms with Crippen LogP contribution in [0.3, 0.4) is 0 Å². The van der Waals surface area contributed by atoms with Crippen molar-refractivity contribution in [2.45, 2.75) is 13.3 Å². The van der Waals surface area contributed by atoms with Crippen LogP contribution in [0.1, 0.15) is 11.1 Å². The predicted molar refractivity (Wildman–Crippen MR) is 56.8 cm³/mol. The zero-order valence-corrected chi connectivity index (χ0v) is 8.22. The second kappa shape index (κ2) is 5.73. The molecule has 0 aromatic heterocycles. The van der Waals surface area contributed by atoms with E-state index in [1.165, 1.54) is 11.1 Å². The number of nitrogens with one attached hydrogen (secondary N) is 1. The van der Waals surface area contributed by atoms with Gasteiger partial charge in [0.15, 0.2) is 0 Å². The molecule has 1 aromatic carbocycles. The number of rotatable bonds is 5. The van der Waals surface area contributed by atoms with Crippen molar-refractivity contribution in [3.05, 3.63) is 35.4 Å². The van der Waals surface area contributed by atoms with E-state index >= 15 is 0 Å². The largest absolute Gasteiger partial charge is 0.329 e. The van der Waals surface area contributed by atoms with Crippen LogP contribution in [0.25, 0.3) is 0 Å². The maximum absolute atomic E-state index is 5.37. The molecule has 0 fully saturated rings. The lowest BCUT2D eigenvalue weighted by molar-refractivity contribution is 0.689. The summed E-state index contributed by atoms with van der Waals surface area (Å²) in [5, 5.41) is 3.27. The fourth-order valence-electron chi connectivity index (χ4n) is 1.21. The highest BCUT2D eigenvalue weighted by Crippen LogP contribution is 2.02. The Balaban J connectivity index is 2.25. The second-order valence-electron chi connectivity index (χ2n) is 3.27. The van der Waals surface area contributed by atoms with Gasteiger partial charge in [0.2, 0.25) is 0 Å². The van der Waals surface area contributed by atoms with Gasteiger partial charge < -0.3 is 11.1 Å². The lowest BCUT2D eigenvalue weighted by atomic mass is 10.1. The van der Waals surface area contributed by atoms with Gasteiger partial charge in [-0.2, -0.15) is 0 Å². The Morgan fingerprint density at radius 3 is 2.46 bits per heavy atom. The van der Waals surface area contributed by atoms with Gasteiger partial charge in [0.05, 0.1) is 0 Å². The minimum absolute atomic E-state index is 0.716. The Morgan fingerprint density at radius 1 is 1.15 bits per heavy atom. The van der Waals surface area contributed by atoms with Crippen LogP contribution in [-0.4, -0.2) is 19.6 Å². The molecule has 72 valence electrons. The standard InChI is InChI=1S/C11H18N2/c1-10-2-4-11(5-3-10)6-8-13-9-7-12/h2-5,13H,6-9,12H2,1H3. The Hall–Kier alpha value is -0.860. The van der Waals surface area contributed by atoms with Crippen LogP contribution in [0.5, 0.6) is 0 Å². The highest BCUT2D eigenvalue weighted by atomic mass is 14.9. The molecule has 2 nitrogen and oxygen atoms in total. The molecule has 0 heterocycles. The number of hydrogen-bond donors (Lipinski definition) is 2. The van der Waals surface area contributed by atoms with Crippen LogP contribution in [0.2, 0.25) is 0 Å². The Kier molecular flexibility index (Phi) is 4.50. The van der Waals surface area contributed by atoms with Crippen molar-refractivity contribution in [3.63, 3.8) is 0 Å². The molecule has 3 N–H and O–H groups in total. The van der Waals surface area contributed by atoms with E-state index in [2.05, 4.69) is 36.5 Å². The van der Waals surface area contributed by atoms with Gasteiger partial charge in [0, 0.05) is 13.1 Å². The van der Waals surface area contributed by atoms with Crippen molar-refractivity contribution in [1.82, 2.24) is 5.32 Å². The molecule has 0 aliphatic rings. The van der Waals surface area contributed by atoms with Gasteiger partial charge in [-0.25, -0.2) is 0 Å². The minimum Gasteiger partial charge on any atom is -0.329 e. The molecule has 0 atom stereocenters. The Labute approximate surface area is 80.1 Å². The molecular formula is C11H18N2. The van der Waals surface area contributed by atoms with Crippen molar-refractivity contribution < 1.29 is 0 Å². The Bertz CT molecular complexity index is 228. The summed E-state index contributed by atoms with van der Waals surface area (Å²) in [6, 6.07) is 8.66. The average molecular weight is 178 g/mol. The molecule has 1 aromatic rings. The summed E-state index contributed by atoms with van der Waals surface area (Å²) < 4.78 is 0. The van der Waals surface area contributed by atoms with Gasteiger partial charge in [0.25, 0.3) is 0 Å². The van der Waals surface area contributed by atoms with E-state index < -0.39 is 0 Å². The van der Waals surface area contributed by atoms with E-state index in [9.17, 15) is 0 Å². The highest BCUT2D eigenvalue weighted by Gasteiger charge is 1.91. The van der Waals surface area contributed by atoms with Gasteiger partial charge >= 0.3 is 0 Å². The first kappa shape index (κ1) is 10.2. The van der Waals surface area contributed by atoms with E-state index in [4.69, 9.17) is 5.73 Å². The zero-order chi connectivity index (χ0) is 9.52. The fourth-order valence-corrected chi connectivity index (χ4v) is 1.21. The zero-order valence-electron chi connectivity index (χ0n) is 8.22. The maximum atomic E-state index is 5.37. The molecule has 0 unspecified atom stereocenters. The van der Waals surface area contributed by atoms with Crippen LogP contribution in [0, 0.1) is 6.92 Å². The molecule has 0 bridgehead atoms. The summed E-state index contributed by atoms with van der Waals surface area (Å²) in [5.74, 6) is 0. The van der Waals surface area contributed by atoms with Crippen molar-refractivity contribution in [3.8, 4) is 0 Å². The molecule has 0 amide bonds. The third-order valence-electron chi connectivity index (χ3n) is 2.03. The van der Waals surface area contributed by atoms with Crippen molar-refractivity contribution in [2.24, 2.45) is 5.73 Å². The molecule has 2 heteroatoms. The van der Waals surface area contributed by atoms with E-state index in [-0.39, 0.29) is 0 Å². The number of aryl methyl sites for hydroxylation is 1. The van der Waals surface area contributed by atoms with Crippen molar-refractivity contribution >= 4 is 0 Å². The maximum Gasteiger partial charge on any atom is 0.00746 e. The summed E-state index contributed by atoms with van der Waals surface area (Å²) in [6.45, 7) is 4.75. The molecular weight excluding hydrogens is 160 g/mol. The van der Waals surface area contributed by atoms with Crippen molar-refractivity contribution in [1.29, 1.82) is 0 Å². The molecule has 0 aliphatic carbocycles. The van der Waals surface area contributed by atoms with E-state index in [0.717, 1.165) is 19.5 Å². The predicted octanol–water partition coefficient (Wildman–Crippen LogP) is 1.09. The first-order valence-electron chi connectivity index (χ1n) is 4.79. The van der Waals surface area contributed by atoms with Gasteiger partial charge in [-0.15, -0.1) is 0 Å². The molecule has 0 radical (unpaired) electrons. The normalized spacial score (nSPS) is 10.3. The van der Waals surface area contributed by atoms with Crippen LogP contribution >= 0.6 is 0 Å². The Morgan fingerprint density at radius 2 is 1.85 bits per heavy atom. The van der Waals surface area contributed by atoms with Gasteiger partial charge in [-0.05, 0) is 25.5 Å².